The molecule has 0 heterocycles. The number of benzene rings is 1. The summed E-state index contributed by atoms with van der Waals surface area (Å²) in [5.74, 6) is 0.194. The van der Waals surface area contributed by atoms with Gasteiger partial charge in [-0.25, -0.2) is 8.42 Å². The van der Waals surface area contributed by atoms with Gasteiger partial charge in [0.05, 0.1) is 17.4 Å². The van der Waals surface area contributed by atoms with Crippen molar-refractivity contribution in [2.24, 2.45) is 0 Å². The van der Waals surface area contributed by atoms with Gasteiger partial charge in [-0.2, -0.15) is 5.26 Å². The maximum absolute atomic E-state index is 10.9. The molecule has 0 radical (unpaired) electrons. The molecule has 0 fully saturated rings. The van der Waals surface area contributed by atoms with Crippen LogP contribution in [0.5, 0.6) is 0 Å². The number of nitriles is 1. The molecule has 1 aromatic carbocycles. The first kappa shape index (κ1) is 13.7. The third-order valence-corrected chi connectivity index (χ3v) is 3.35. The zero-order valence-electron chi connectivity index (χ0n) is 9.81. The molecule has 0 aliphatic rings. The molecule has 1 rings (SSSR count). The summed E-state index contributed by atoms with van der Waals surface area (Å²) in [4.78, 5) is 0. The maximum Gasteiger partial charge on any atom is 0.147 e. The van der Waals surface area contributed by atoms with Gasteiger partial charge >= 0.3 is 0 Å². The monoisotopic (exact) mass is 252 g/mol. The topological polar surface area (TPSA) is 70.0 Å². The van der Waals surface area contributed by atoms with Gasteiger partial charge in [-0.05, 0) is 24.6 Å². The summed E-state index contributed by atoms with van der Waals surface area (Å²) in [5, 5.41) is 12.0. The Balaban J connectivity index is 2.34. The van der Waals surface area contributed by atoms with Crippen molar-refractivity contribution >= 4 is 9.84 Å². The second kappa shape index (κ2) is 6.38. The Bertz CT molecular complexity index is 503. The molecule has 0 aliphatic carbocycles. The summed E-state index contributed by atoms with van der Waals surface area (Å²) in [6, 6.07) is 9.50. The van der Waals surface area contributed by atoms with Crippen LogP contribution in [0.2, 0.25) is 0 Å². The molecule has 0 saturated carbocycles. The van der Waals surface area contributed by atoms with Gasteiger partial charge in [-0.15, -0.1) is 0 Å². The van der Waals surface area contributed by atoms with Crippen molar-refractivity contribution < 1.29 is 8.42 Å². The number of sulfone groups is 1. The average molecular weight is 252 g/mol. The van der Waals surface area contributed by atoms with Gasteiger partial charge in [0.1, 0.15) is 9.84 Å². The second-order valence-corrected chi connectivity index (χ2v) is 6.19. The van der Waals surface area contributed by atoms with E-state index in [0.717, 1.165) is 5.56 Å². The van der Waals surface area contributed by atoms with Crippen LogP contribution in [0.15, 0.2) is 24.3 Å². The van der Waals surface area contributed by atoms with Crippen molar-refractivity contribution in [2.75, 3.05) is 18.6 Å². The summed E-state index contributed by atoms with van der Waals surface area (Å²) < 4.78 is 21.8. The first-order chi connectivity index (χ1) is 8.03. The lowest BCUT2D eigenvalue weighted by molar-refractivity contribution is 0.594. The Morgan fingerprint density at radius 1 is 1.35 bits per heavy atom. The van der Waals surface area contributed by atoms with Gasteiger partial charge in [-0.1, -0.05) is 18.2 Å². The Morgan fingerprint density at radius 3 is 2.71 bits per heavy atom. The molecule has 0 amide bonds. The molecule has 4 nitrogen and oxygen atoms in total. The van der Waals surface area contributed by atoms with Crippen LogP contribution in [0.3, 0.4) is 0 Å². The lowest BCUT2D eigenvalue weighted by atomic mass is 10.1. The molecule has 1 N–H and O–H groups in total. The number of nitrogens with zero attached hydrogens (tertiary/aromatic N) is 1. The maximum atomic E-state index is 10.9. The number of hydrogen-bond donors (Lipinski definition) is 1. The molecule has 17 heavy (non-hydrogen) atoms. The van der Waals surface area contributed by atoms with Gasteiger partial charge < -0.3 is 5.32 Å². The summed E-state index contributed by atoms with van der Waals surface area (Å²) >= 11 is 0. The Morgan fingerprint density at radius 2 is 2.06 bits per heavy atom. The molecule has 0 aliphatic heterocycles. The Labute approximate surface area is 102 Å². The molecule has 1 aromatic rings. The smallest absolute Gasteiger partial charge is 0.147 e. The highest BCUT2D eigenvalue weighted by atomic mass is 32.2. The molecule has 5 heteroatoms. The third-order valence-electron chi connectivity index (χ3n) is 2.32. The molecule has 0 bridgehead atoms. The number of rotatable bonds is 6. The normalized spacial score (nSPS) is 11.1. The number of hydrogen-bond acceptors (Lipinski definition) is 4. The zero-order valence-corrected chi connectivity index (χ0v) is 10.6. The van der Waals surface area contributed by atoms with E-state index >= 15 is 0 Å². The van der Waals surface area contributed by atoms with E-state index in [2.05, 4.69) is 11.4 Å². The molecular weight excluding hydrogens is 236 g/mol. The van der Waals surface area contributed by atoms with Crippen LogP contribution in [0.1, 0.15) is 17.5 Å². The van der Waals surface area contributed by atoms with Crippen LogP contribution in [-0.4, -0.2) is 27.0 Å². The fourth-order valence-corrected chi connectivity index (χ4v) is 2.13. The standard InChI is InChI=1S/C12H16N2O2S/c1-17(15,16)8-4-7-14-10-12-6-3-2-5-11(12)9-13/h2-3,5-6,14H,4,7-8,10H2,1H3. The largest absolute Gasteiger partial charge is 0.313 e. The molecular formula is C12H16N2O2S. The first-order valence-electron chi connectivity index (χ1n) is 5.39. The van der Waals surface area contributed by atoms with Crippen LogP contribution in [0.25, 0.3) is 0 Å². The quantitative estimate of drug-likeness (QED) is 0.769. The number of nitrogens with one attached hydrogen (secondary N) is 1. The molecule has 0 aromatic heterocycles. The van der Waals surface area contributed by atoms with Crippen LogP contribution in [0.4, 0.5) is 0 Å². The second-order valence-electron chi connectivity index (χ2n) is 3.93. The Hall–Kier alpha value is -1.38. The van der Waals surface area contributed by atoms with Crippen molar-refractivity contribution in [3.63, 3.8) is 0 Å². The molecule has 92 valence electrons. The summed E-state index contributed by atoms with van der Waals surface area (Å²) in [6.07, 6.45) is 1.82. The van der Waals surface area contributed by atoms with Gasteiger partial charge in [0, 0.05) is 12.8 Å². The van der Waals surface area contributed by atoms with Crippen molar-refractivity contribution in [3.05, 3.63) is 35.4 Å². The van der Waals surface area contributed by atoms with E-state index in [1.807, 2.05) is 18.2 Å². The molecule has 0 saturated heterocycles. The van der Waals surface area contributed by atoms with Crippen molar-refractivity contribution in [2.45, 2.75) is 13.0 Å². The minimum absolute atomic E-state index is 0.194. The van der Waals surface area contributed by atoms with Gasteiger partial charge in [0.15, 0.2) is 0 Å². The van der Waals surface area contributed by atoms with Crippen molar-refractivity contribution in [3.8, 4) is 6.07 Å². The summed E-state index contributed by atoms with van der Waals surface area (Å²) in [5.41, 5.74) is 1.59. The molecule has 0 unspecified atom stereocenters. The van der Waals surface area contributed by atoms with Crippen LogP contribution >= 0.6 is 0 Å². The van der Waals surface area contributed by atoms with E-state index < -0.39 is 9.84 Å². The van der Waals surface area contributed by atoms with Crippen molar-refractivity contribution in [1.82, 2.24) is 5.32 Å². The summed E-state index contributed by atoms with van der Waals surface area (Å²) in [7, 11) is -2.87. The summed E-state index contributed by atoms with van der Waals surface area (Å²) in [6.45, 7) is 1.22. The van der Waals surface area contributed by atoms with E-state index in [0.29, 0.717) is 25.1 Å². The fourth-order valence-electron chi connectivity index (χ4n) is 1.47. The van der Waals surface area contributed by atoms with E-state index in [4.69, 9.17) is 5.26 Å². The highest BCUT2D eigenvalue weighted by Crippen LogP contribution is 2.06. The van der Waals surface area contributed by atoms with Gasteiger partial charge in [-0.3, -0.25) is 0 Å². The zero-order chi connectivity index (χ0) is 12.7. The predicted molar refractivity (Wildman–Crippen MR) is 67.2 cm³/mol. The fraction of sp³-hybridized carbons (Fsp3) is 0.417. The van der Waals surface area contributed by atoms with E-state index in [1.165, 1.54) is 6.26 Å². The molecule has 0 atom stereocenters. The van der Waals surface area contributed by atoms with Crippen molar-refractivity contribution in [1.29, 1.82) is 5.26 Å². The van der Waals surface area contributed by atoms with Gasteiger partial charge in [0.25, 0.3) is 0 Å². The lowest BCUT2D eigenvalue weighted by Crippen LogP contribution is -2.18. The van der Waals surface area contributed by atoms with E-state index in [9.17, 15) is 8.42 Å². The molecule has 0 spiro atoms. The predicted octanol–water partition coefficient (Wildman–Crippen LogP) is 1.08. The minimum Gasteiger partial charge on any atom is -0.313 e. The minimum atomic E-state index is -2.87. The third kappa shape index (κ3) is 5.48. The highest BCUT2D eigenvalue weighted by Gasteiger charge is 2.02. The first-order valence-corrected chi connectivity index (χ1v) is 7.45. The van der Waals surface area contributed by atoms with Crippen LogP contribution < -0.4 is 5.32 Å². The van der Waals surface area contributed by atoms with E-state index in [-0.39, 0.29) is 5.75 Å². The van der Waals surface area contributed by atoms with Crippen LogP contribution in [-0.2, 0) is 16.4 Å². The van der Waals surface area contributed by atoms with Gasteiger partial charge in [0.2, 0.25) is 0 Å². The Kier molecular flexibility index (Phi) is 5.13. The SMILES string of the molecule is CS(=O)(=O)CCCNCc1ccccc1C#N. The van der Waals surface area contributed by atoms with Crippen LogP contribution in [0, 0.1) is 11.3 Å². The highest BCUT2D eigenvalue weighted by molar-refractivity contribution is 7.90. The average Bonchev–Trinajstić information content (AvgIpc) is 2.27. The lowest BCUT2D eigenvalue weighted by Gasteiger charge is -2.05. The van der Waals surface area contributed by atoms with E-state index in [1.54, 1.807) is 6.07 Å².